The third-order valence-corrected chi connectivity index (χ3v) is 8.27. The zero-order valence-electron chi connectivity index (χ0n) is 27.1. The number of alkyl carbamates (subject to hydrolysis) is 2. The Bertz CT molecular complexity index is 1340. The van der Waals surface area contributed by atoms with Gasteiger partial charge in [-0.3, -0.25) is 0 Å². The fourth-order valence-electron chi connectivity index (χ4n) is 5.92. The van der Waals surface area contributed by atoms with Crippen LogP contribution in [0.4, 0.5) is 9.59 Å². The van der Waals surface area contributed by atoms with Gasteiger partial charge >= 0.3 is 24.1 Å². The lowest BCUT2D eigenvalue weighted by Gasteiger charge is -2.35. The molecule has 0 spiro atoms. The molecule has 2 aromatic carbocycles. The normalized spacial score (nSPS) is 17.9. The van der Waals surface area contributed by atoms with Crippen LogP contribution >= 0.6 is 0 Å². The molecule has 12 heteroatoms. The van der Waals surface area contributed by atoms with E-state index in [2.05, 4.69) is 34.9 Å². The molecule has 2 N–H and O–H groups in total. The Morgan fingerprint density at radius 2 is 1.13 bits per heavy atom. The smallest absolute Gasteiger partial charge is 0.408 e. The number of fused-ring (bicyclic) bond motifs is 3. The first-order valence-corrected chi connectivity index (χ1v) is 15.4. The van der Waals surface area contributed by atoms with Crippen LogP contribution in [0.15, 0.2) is 48.5 Å². The maximum absolute atomic E-state index is 12.5. The molecule has 2 amide bonds. The van der Waals surface area contributed by atoms with Crippen molar-refractivity contribution >= 4 is 24.1 Å². The molecule has 2 saturated heterocycles. The highest BCUT2D eigenvalue weighted by molar-refractivity contribution is 5.87. The summed E-state index contributed by atoms with van der Waals surface area (Å²) in [5.74, 6) is -0.956. The van der Waals surface area contributed by atoms with E-state index in [1.165, 1.54) is 25.3 Å². The lowest BCUT2D eigenvalue weighted by atomic mass is 9.90. The topological polar surface area (TPSA) is 148 Å². The van der Waals surface area contributed by atoms with Crippen molar-refractivity contribution in [2.45, 2.75) is 69.1 Å². The van der Waals surface area contributed by atoms with Crippen molar-refractivity contribution in [1.82, 2.24) is 10.6 Å². The molecule has 0 saturated carbocycles. The Balaban J connectivity index is 0.000000232. The van der Waals surface area contributed by atoms with Crippen molar-refractivity contribution < 1.29 is 47.6 Å². The van der Waals surface area contributed by atoms with Gasteiger partial charge < -0.3 is 39.1 Å². The number of carbonyl (C=O) groups is 4. The summed E-state index contributed by atoms with van der Waals surface area (Å²) in [6.07, 6.45) is 0.273. The van der Waals surface area contributed by atoms with Gasteiger partial charge in [0.15, 0.2) is 0 Å². The molecular formula is C34H44N2O10. The third kappa shape index (κ3) is 8.16. The molecule has 0 aromatic heterocycles. The monoisotopic (exact) mass is 640 g/mol. The van der Waals surface area contributed by atoms with Gasteiger partial charge in [0.25, 0.3) is 0 Å². The number of amides is 2. The number of hydrogen-bond acceptors (Lipinski definition) is 10. The minimum atomic E-state index is -1.09. The number of methoxy groups -OCH3 is 2. The minimum absolute atomic E-state index is 0.0260. The first-order chi connectivity index (χ1) is 21.9. The van der Waals surface area contributed by atoms with Crippen molar-refractivity contribution in [3.63, 3.8) is 0 Å². The van der Waals surface area contributed by atoms with E-state index in [0.29, 0.717) is 52.1 Å². The Hall–Kier alpha value is -4.16. The van der Waals surface area contributed by atoms with Gasteiger partial charge in [-0.1, -0.05) is 48.5 Å². The highest BCUT2D eigenvalue weighted by Gasteiger charge is 2.44. The van der Waals surface area contributed by atoms with Crippen LogP contribution in [0.5, 0.6) is 0 Å². The second-order valence-corrected chi connectivity index (χ2v) is 12.4. The van der Waals surface area contributed by atoms with Crippen molar-refractivity contribution in [2.75, 3.05) is 47.3 Å². The number of ether oxygens (including phenoxy) is 6. The first kappa shape index (κ1) is 34.7. The van der Waals surface area contributed by atoms with E-state index in [1.54, 1.807) is 20.8 Å². The summed E-state index contributed by atoms with van der Waals surface area (Å²) in [6, 6.07) is 16.3. The number of rotatable bonds is 6. The van der Waals surface area contributed by atoms with E-state index in [4.69, 9.17) is 28.4 Å². The van der Waals surface area contributed by atoms with E-state index in [0.717, 1.165) is 11.1 Å². The van der Waals surface area contributed by atoms with E-state index >= 15 is 0 Å². The molecule has 2 fully saturated rings. The van der Waals surface area contributed by atoms with Gasteiger partial charge in [-0.2, -0.15) is 0 Å². The molecule has 3 aliphatic rings. The van der Waals surface area contributed by atoms with Crippen LogP contribution in [0.3, 0.4) is 0 Å². The molecular weight excluding hydrogens is 596 g/mol. The van der Waals surface area contributed by atoms with Crippen LogP contribution in [0, 0.1) is 0 Å². The van der Waals surface area contributed by atoms with Crippen LogP contribution in [-0.4, -0.2) is 88.1 Å². The van der Waals surface area contributed by atoms with Crippen LogP contribution < -0.4 is 10.6 Å². The number of benzene rings is 2. The van der Waals surface area contributed by atoms with Crippen molar-refractivity contribution in [1.29, 1.82) is 0 Å². The number of carbonyl (C=O) groups excluding carboxylic acids is 4. The quantitative estimate of drug-likeness (QED) is 0.342. The maximum Gasteiger partial charge on any atom is 0.408 e. The van der Waals surface area contributed by atoms with E-state index in [-0.39, 0.29) is 12.5 Å². The molecule has 2 heterocycles. The molecule has 2 aliphatic heterocycles. The predicted octanol–water partition coefficient (Wildman–Crippen LogP) is 4.48. The van der Waals surface area contributed by atoms with Gasteiger partial charge in [-0.25, -0.2) is 19.2 Å². The summed E-state index contributed by atoms with van der Waals surface area (Å²) >= 11 is 0. The van der Waals surface area contributed by atoms with Crippen LogP contribution in [0.25, 0.3) is 11.1 Å². The van der Waals surface area contributed by atoms with Gasteiger partial charge in [-0.15, -0.1) is 0 Å². The van der Waals surface area contributed by atoms with Crippen LogP contribution in [-0.2, 0) is 38.0 Å². The number of nitrogens with one attached hydrogen (secondary N) is 2. The molecule has 2 aromatic rings. The average Bonchev–Trinajstić information content (AvgIpc) is 3.36. The zero-order valence-corrected chi connectivity index (χ0v) is 27.1. The number of hydrogen-bond donors (Lipinski definition) is 2. The van der Waals surface area contributed by atoms with E-state index in [9.17, 15) is 19.2 Å². The summed E-state index contributed by atoms with van der Waals surface area (Å²) in [6.45, 7) is 7.09. The van der Waals surface area contributed by atoms with E-state index < -0.39 is 40.8 Å². The molecule has 1 aliphatic carbocycles. The highest BCUT2D eigenvalue weighted by atomic mass is 16.6. The largest absolute Gasteiger partial charge is 0.467 e. The standard InChI is InChI=1S/C22H23NO5.C12H21NO5/c1-26-20(24)22(10-12-27-13-11-22)23-21(25)28-14-19-17-8-4-2-6-15(17)16-7-3-5-9-18(16)19;1-11(2,3)18-10(15)13-12(9(14)16-4)5-7-17-8-6-12/h2-9,19H,10-14H2,1H3,(H,23,25);5-8H2,1-4H3,(H,13,15). The molecule has 250 valence electrons. The molecule has 0 atom stereocenters. The Kier molecular flexibility index (Phi) is 11.3. The number of esters is 2. The minimum Gasteiger partial charge on any atom is -0.467 e. The second-order valence-electron chi connectivity index (χ2n) is 12.4. The Labute approximate surface area is 269 Å². The fourth-order valence-corrected chi connectivity index (χ4v) is 5.92. The molecule has 46 heavy (non-hydrogen) atoms. The summed E-state index contributed by atoms with van der Waals surface area (Å²) < 4.78 is 30.9. The second kappa shape index (κ2) is 15.0. The first-order valence-electron chi connectivity index (χ1n) is 15.4. The van der Waals surface area contributed by atoms with Crippen molar-refractivity contribution in [2.24, 2.45) is 0 Å². The van der Waals surface area contributed by atoms with E-state index in [1.807, 2.05) is 24.3 Å². The summed E-state index contributed by atoms with van der Waals surface area (Å²) in [7, 11) is 2.62. The molecule has 0 radical (unpaired) electrons. The van der Waals surface area contributed by atoms with Crippen LogP contribution in [0.1, 0.15) is 63.5 Å². The lowest BCUT2D eigenvalue weighted by molar-refractivity contribution is -0.153. The van der Waals surface area contributed by atoms with Gasteiger partial charge in [0.05, 0.1) is 14.2 Å². The molecule has 0 bridgehead atoms. The zero-order chi connectivity index (χ0) is 33.4. The van der Waals surface area contributed by atoms with Gasteiger partial charge in [0.2, 0.25) is 0 Å². The Morgan fingerprint density at radius 3 is 1.54 bits per heavy atom. The molecule has 12 nitrogen and oxygen atoms in total. The summed E-state index contributed by atoms with van der Waals surface area (Å²) in [5, 5.41) is 5.36. The average molecular weight is 641 g/mol. The summed E-state index contributed by atoms with van der Waals surface area (Å²) in [5.41, 5.74) is 1.90. The van der Waals surface area contributed by atoms with Crippen LogP contribution in [0.2, 0.25) is 0 Å². The lowest BCUT2D eigenvalue weighted by Crippen LogP contribution is -2.58. The molecule has 5 rings (SSSR count). The van der Waals surface area contributed by atoms with Gasteiger partial charge in [0.1, 0.15) is 23.3 Å². The van der Waals surface area contributed by atoms with Gasteiger partial charge in [0, 0.05) is 58.0 Å². The predicted molar refractivity (Wildman–Crippen MR) is 167 cm³/mol. The van der Waals surface area contributed by atoms with Crippen molar-refractivity contribution in [3.8, 4) is 11.1 Å². The SMILES string of the molecule is COC(=O)C1(NC(=O)OC(C)(C)C)CCOCC1.COC(=O)C1(NC(=O)OCC2c3ccccc3-c3ccccc32)CCOCC1. The highest BCUT2D eigenvalue weighted by Crippen LogP contribution is 2.44. The fraction of sp³-hybridized carbons (Fsp3) is 0.529. The van der Waals surface area contributed by atoms with Gasteiger partial charge in [-0.05, 0) is 43.0 Å². The maximum atomic E-state index is 12.5. The van der Waals surface area contributed by atoms with Crippen molar-refractivity contribution in [3.05, 3.63) is 59.7 Å². The third-order valence-electron chi connectivity index (χ3n) is 8.27. The molecule has 0 unspecified atom stereocenters. The Morgan fingerprint density at radius 1 is 0.717 bits per heavy atom. The summed E-state index contributed by atoms with van der Waals surface area (Å²) in [4.78, 5) is 48.4.